The average Bonchev–Trinajstić information content (AvgIpc) is 2.63. The minimum atomic E-state index is -3.78. The summed E-state index contributed by atoms with van der Waals surface area (Å²) >= 11 is 0. The molecule has 0 radical (unpaired) electrons. The Morgan fingerprint density at radius 3 is 2.46 bits per heavy atom. The molecule has 0 amide bonds. The molecular formula is C17H25N3O5S. The van der Waals surface area contributed by atoms with Crippen LogP contribution in [0.4, 0.5) is 11.4 Å². The van der Waals surface area contributed by atoms with Crippen LogP contribution in [0.3, 0.4) is 0 Å². The molecule has 1 heterocycles. The van der Waals surface area contributed by atoms with E-state index in [0.29, 0.717) is 37.9 Å². The van der Waals surface area contributed by atoms with Gasteiger partial charge in [-0.05, 0) is 43.7 Å². The molecule has 0 unspecified atom stereocenters. The van der Waals surface area contributed by atoms with E-state index in [2.05, 4.69) is 11.6 Å². The highest BCUT2D eigenvalue weighted by Crippen LogP contribution is 2.32. The van der Waals surface area contributed by atoms with E-state index in [1.165, 1.54) is 18.2 Å². The highest BCUT2D eigenvalue weighted by atomic mass is 32.2. The minimum absolute atomic E-state index is 0.0557. The highest BCUT2D eigenvalue weighted by Gasteiger charge is 2.28. The lowest BCUT2D eigenvalue weighted by atomic mass is 9.88. The summed E-state index contributed by atoms with van der Waals surface area (Å²) in [5.74, 6) is 0.615. The number of nitro groups is 1. The van der Waals surface area contributed by atoms with Crippen molar-refractivity contribution in [3.63, 3.8) is 0 Å². The number of sulfonamides is 1. The number of anilines is 1. The molecule has 1 aliphatic carbocycles. The Bertz CT molecular complexity index is 754. The fourth-order valence-electron chi connectivity index (χ4n) is 3.55. The van der Waals surface area contributed by atoms with Gasteiger partial charge in [0.05, 0.1) is 23.0 Å². The van der Waals surface area contributed by atoms with Crippen molar-refractivity contribution in [2.24, 2.45) is 5.92 Å². The average molecular weight is 383 g/mol. The number of hydrogen-bond acceptors (Lipinski definition) is 6. The molecule has 144 valence electrons. The van der Waals surface area contributed by atoms with E-state index >= 15 is 0 Å². The van der Waals surface area contributed by atoms with Crippen LogP contribution in [0, 0.1) is 16.0 Å². The topological polar surface area (TPSA) is 102 Å². The molecule has 1 aromatic rings. The van der Waals surface area contributed by atoms with Crippen molar-refractivity contribution in [2.75, 3.05) is 31.2 Å². The Hall–Kier alpha value is -1.71. The van der Waals surface area contributed by atoms with Crippen LogP contribution in [0.25, 0.3) is 0 Å². The molecule has 2 fully saturated rings. The Balaban J connectivity index is 1.82. The van der Waals surface area contributed by atoms with Gasteiger partial charge in [0, 0.05) is 25.2 Å². The zero-order chi connectivity index (χ0) is 18.7. The van der Waals surface area contributed by atoms with Gasteiger partial charge in [-0.2, -0.15) is 0 Å². The molecule has 0 bridgehead atoms. The number of nitro benzene ring substituents is 1. The van der Waals surface area contributed by atoms with Gasteiger partial charge < -0.3 is 9.64 Å². The fraction of sp³-hybridized carbons (Fsp3) is 0.647. The Morgan fingerprint density at radius 1 is 1.19 bits per heavy atom. The van der Waals surface area contributed by atoms with Crippen molar-refractivity contribution >= 4 is 21.4 Å². The minimum Gasteiger partial charge on any atom is -0.378 e. The van der Waals surface area contributed by atoms with Crippen molar-refractivity contribution < 1.29 is 18.1 Å². The third kappa shape index (κ3) is 4.33. The molecular weight excluding hydrogens is 358 g/mol. The first kappa shape index (κ1) is 19.1. The molecule has 8 nitrogen and oxygen atoms in total. The van der Waals surface area contributed by atoms with Crippen LogP contribution >= 0.6 is 0 Å². The van der Waals surface area contributed by atoms with E-state index in [9.17, 15) is 18.5 Å². The first-order chi connectivity index (χ1) is 12.4. The number of ether oxygens (including phenoxy) is 1. The summed E-state index contributed by atoms with van der Waals surface area (Å²) in [4.78, 5) is 12.8. The maximum absolute atomic E-state index is 12.7. The van der Waals surface area contributed by atoms with E-state index in [0.717, 1.165) is 25.7 Å². The van der Waals surface area contributed by atoms with Crippen LogP contribution in [-0.2, 0) is 14.8 Å². The molecule has 2 aliphatic rings. The molecule has 1 aromatic carbocycles. The van der Waals surface area contributed by atoms with Gasteiger partial charge in [-0.1, -0.05) is 6.92 Å². The first-order valence-corrected chi connectivity index (χ1v) is 10.5. The van der Waals surface area contributed by atoms with Crippen LogP contribution in [0.15, 0.2) is 23.1 Å². The number of morpholine rings is 1. The van der Waals surface area contributed by atoms with Gasteiger partial charge in [0.1, 0.15) is 5.69 Å². The number of rotatable bonds is 5. The predicted octanol–water partition coefficient (Wildman–Crippen LogP) is 2.29. The number of hydrogen-bond donors (Lipinski definition) is 1. The number of nitrogens with one attached hydrogen (secondary N) is 1. The second-order valence-corrected chi connectivity index (χ2v) is 8.80. The zero-order valence-corrected chi connectivity index (χ0v) is 15.7. The van der Waals surface area contributed by atoms with Crippen LogP contribution < -0.4 is 9.62 Å². The summed E-state index contributed by atoms with van der Waals surface area (Å²) in [6.45, 7) is 4.26. The molecule has 1 saturated carbocycles. The van der Waals surface area contributed by atoms with Crippen molar-refractivity contribution in [1.29, 1.82) is 0 Å². The summed E-state index contributed by atoms with van der Waals surface area (Å²) < 4.78 is 33.3. The molecule has 1 N–H and O–H groups in total. The van der Waals surface area contributed by atoms with E-state index in [-0.39, 0.29) is 16.6 Å². The lowest BCUT2D eigenvalue weighted by Crippen LogP contribution is -2.38. The zero-order valence-electron chi connectivity index (χ0n) is 14.9. The van der Waals surface area contributed by atoms with Gasteiger partial charge in [-0.3, -0.25) is 10.1 Å². The maximum atomic E-state index is 12.7. The molecule has 9 heteroatoms. The quantitative estimate of drug-likeness (QED) is 0.618. The van der Waals surface area contributed by atoms with Gasteiger partial charge >= 0.3 is 0 Å². The molecule has 0 aromatic heterocycles. The van der Waals surface area contributed by atoms with Crippen LogP contribution in [0.5, 0.6) is 0 Å². The number of nitrogens with zero attached hydrogens (tertiary/aromatic N) is 2. The SMILES string of the molecule is CC1CCC(NS(=O)(=O)c2ccc(N3CCOCC3)c([N+](=O)[O-])c2)CC1. The maximum Gasteiger partial charge on any atom is 0.293 e. The molecule has 1 saturated heterocycles. The molecule has 26 heavy (non-hydrogen) atoms. The second kappa shape index (κ2) is 7.89. The molecule has 3 rings (SSSR count). The number of benzene rings is 1. The van der Waals surface area contributed by atoms with Crippen molar-refractivity contribution in [3.05, 3.63) is 28.3 Å². The largest absolute Gasteiger partial charge is 0.378 e. The summed E-state index contributed by atoms with van der Waals surface area (Å²) in [6.07, 6.45) is 3.58. The van der Waals surface area contributed by atoms with Crippen LogP contribution in [0.1, 0.15) is 32.6 Å². The van der Waals surface area contributed by atoms with Crippen LogP contribution in [-0.4, -0.2) is 45.7 Å². The summed E-state index contributed by atoms with van der Waals surface area (Å²) in [6, 6.07) is 4.04. The summed E-state index contributed by atoms with van der Waals surface area (Å²) in [5.41, 5.74) is 0.246. The highest BCUT2D eigenvalue weighted by molar-refractivity contribution is 7.89. The fourth-order valence-corrected chi connectivity index (χ4v) is 4.88. The third-order valence-electron chi connectivity index (χ3n) is 5.14. The first-order valence-electron chi connectivity index (χ1n) is 9.00. The van der Waals surface area contributed by atoms with Crippen LogP contribution in [0.2, 0.25) is 0 Å². The Kier molecular flexibility index (Phi) is 5.79. The normalized spacial score (nSPS) is 24.4. The lowest BCUT2D eigenvalue weighted by molar-refractivity contribution is -0.384. The van der Waals surface area contributed by atoms with E-state index < -0.39 is 14.9 Å². The Labute approximate surface area is 153 Å². The van der Waals surface area contributed by atoms with Crippen molar-refractivity contribution in [2.45, 2.75) is 43.5 Å². The van der Waals surface area contributed by atoms with Gasteiger partial charge in [-0.15, -0.1) is 0 Å². The smallest absolute Gasteiger partial charge is 0.293 e. The van der Waals surface area contributed by atoms with Crippen molar-refractivity contribution in [1.82, 2.24) is 4.72 Å². The monoisotopic (exact) mass is 383 g/mol. The molecule has 0 atom stereocenters. The lowest BCUT2D eigenvalue weighted by Gasteiger charge is -2.29. The van der Waals surface area contributed by atoms with Crippen molar-refractivity contribution in [3.8, 4) is 0 Å². The van der Waals surface area contributed by atoms with Gasteiger partial charge in [-0.25, -0.2) is 13.1 Å². The molecule has 0 spiro atoms. The van der Waals surface area contributed by atoms with Gasteiger partial charge in [0.25, 0.3) is 5.69 Å². The summed E-state index contributed by atoms with van der Waals surface area (Å²) in [7, 11) is -3.78. The Morgan fingerprint density at radius 2 is 1.85 bits per heavy atom. The molecule has 1 aliphatic heterocycles. The standard InChI is InChI=1S/C17H25N3O5S/c1-13-2-4-14(5-3-13)18-26(23,24)15-6-7-16(17(12-15)20(21)22)19-8-10-25-11-9-19/h6-7,12-14,18H,2-5,8-11H2,1H3. The summed E-state index contributed by atoms with van der Waals surface area (Å²) in [5, 5.41) is 11.5. The van der Waals surface area contributed by atoms with Gasteiger partial charge in [0.15, 0.2) is 0 Å². The van der Waals surface area contributed by atoms with E-state index in [4.69, 9.17) is 4.74 Å². The second-order valence-electron chi connectivity index (χ2n) is 7.09. The van der Waals surface area contributed by atoms with Gasteiger partial charge in [0.2, 0.25) is 10.0 Å². The third-order valence-corrected chi connectivity index (χ3v) is 6.66. The predicted molar refractivity (Wildman–Crippen MR) is 97.9 cm³/mol. The van der Waals surface area contributed by atoms with E-state index in [1.807, 2.05) is 4.90 Å². The van der Waals surface area contributed by atoms with E-state index in [1.54, 1.807) is 0 Å².